The molecule has 0 amide bonds. The van der Waals surface area contributed by atoms with Gasteiger partial charge in [-0.1, -0.05) is 42.0 Å². The van der Waals surface area contributed by atoms with Crippen LogP contribution in [0.2, 0.25) is 0 Å². The lowest BCUT2D eigenvalue weighted by Crippen LogP contribution is -2.06. The smallest absolute Gasteiger partial charge is 0.213 e. The lowest BCUT2D eigenvalue weighted by Gasteiger charge is -2.08. The third kappa shape index (κ3) is 3.31. The van der Waals surface area contributed by atoms with Crippen molar-refractivity contribution < 1.29 is 4.74 Å². The zero-order valence-corrected chi connectivity index (χ0v) is 15.0. The molecule has 26 heavy (non-hydrogen) atoms. The Bertz CT molecular complexity index is 1020. The van der Waals surface area contributed by atoms with Crippen molar-refractivity contribution in [2.75, 3.05) is 6.61 Å². The van der Waals surface area contributed by atoms with Crippen LogP contribution in [0, 0.1) is 13.8 Å². The SMILES string of the molecule is Cc1ccc(-c2nc3ccc(C)cn3c2CCOc2ccccn2)cc1. The summed E-state index contributed by atoms with van der Waals surface area (Å²) >= 11 is 0. The Morgan fingerprint density at radius 2 is 1.73 bits per heavy atom. The van der Waals surface area contributed by atoms with Crippen LogP contribution in [0.4, 0.5) is 0 Å². The Balaban J connectivity index is 1.69. The van der Waals surface area contributed by atoms with E-state index in [-0.39, 0.29) is 0 Å². The molecule has 0 saturated heterocycles. The average molecular weight is 343 g/mol. The topological polar surface area (TPSA) is 39.4 Å². The Labute approximate surface area is 153 Å². The predicted octanol–water partition coefficient (Wildman–Crippen LogP) is 4.63. The highest BCUT2D eigenvalue weighted by atomic mass is 16.5. The van der Waals surface area contributed by atoms with E-state index in [0.29, 0.717) is 12.5 Å². The van der Waals surface area contributed by atoms with Crippen molar-refractivity contribution in [2.45, 2.75) is 20.3 Å². The second-order valence-corrected chi connectivity index (χ2v) is 6.47. The molecule has 130 valence electrons. The first-order chi connectivity index (χ1) is 12.7. The first kappa shape index (κ1) is 16.3. The summed E-state index contributed by atoms with van der Waals surface area (Å²) in [5.41, 5.74) is 6.71. The minimum atomic E-state index is 0.553. The summed E-state index contributed by atoms with van der Waals surface area (Å²) in [6.07, 6.45) is 4.63. The number of benzene rings is 1. The van der Waals surface area contributed by atoms with Gasteiger partial charge in [0, 0.05) is 30.4 Å². The van der Waals surface area contributed by atoms with Crippen LogP contribution in [0.15, 0.2) is 67.0 Å². The number of imidazole rings is 1. The van der Waals surface area contributed by atoms with Crippen molar-refractivity contribution in [1.29, 1.82) is 0 Å². The monoisotopic (exact) mass is 343 g/mol. The van der Waals surface area contributed by atoms with E-state index in [1.54, 1.807) is 6.20 Å². The second kappa shape index (κ2) is 7.00. The van der Waals surface area contributed by atoms with Gasteiger partial charge in [0.1, 0.15) is 5.65 Å². The van der Waals surface area contributed by atoms with Crippen LogP contribution >= 0.6 is 0 Å². The van der Waals surface area contributed by atoms with Crippen molar-refractivity contribution in [3.63, 3.8) is 0 Å². The van der Waals surface area contributed by atoms with Gasteiger partial charge in [0.2, 0.25) is 5.88 Å². The fourth-order valence-electron chi connectivity index (χ4n) is 3.07. The van der Waals surface area contributed by atoms with E-state index in [0.717, 1.165) is 29.0 Å². The maximum absolute atomic E-state index is 5.82. The molecular formula is C22H21N3O. The van der Waals surface area contributed by atoms with Gasteiger partial charge in [-0.3, -0.25) is 0 Å². The van der Waals surface area contributed by atoms with Crippen LogP contribution in [-0.2, 0) is 6.42 Å². The summed E-state index contributed by atoms with van der Waals surface area (Å²) in [4.78, 5) is 9.09. The van der Waals surface area contributed by atoms with Gasteiger partial charge in [-0.15, -0.1) is 0 Å². The Morgan fingerprint density at radius 1 is 0.923 bits per heavy atom. The van der Waals surface area contributed by atoms with Crippen molar-refractivity contribution in [2.24, 2.45) is 0 Å². The minimum Gasteiger partial charge on any atom is -0.477 e. The largest absolute Gasteiger partial charge is 0.477 e. The van der Waals surface area contributed by atoms with Gasteiger partial charge in [-0.2, -0.15) is 0 Å². The van der Waals surface area contributed by atoms with Crippen LogP contribution in [0.1, 0.15) is 16.8 Å². The molecule has 0 radical (unpaired) electrons. The first-order valence-electron chi connectivity index (χ1n) is 8.79. The number of nitrogens with zero attached hydrogens (tertiary/aromatic N) is 3. The summed E-state index contributed by atoms with van der Waals surface area (Å²) in [5.74, 6) is 0.648. The van der Waals surface area contributed by atoms with Gasteiger partial charge in [0.15, 0.2) is 0 Å². The van der Waals surface area contributed by atoms with E-state index in [1.165, 1.54) is 11.1 Å². The number of aromatic nitrogens is 3. The van der Waals surface area contributed by atoms with Gasteiger partial charge in [-0.05, 0) is 31.5 Å². The highest BCUT2D eigenvalue weighted by molar-refractivity contribution is 5.67. The fraction of sp³-hybridized carbons (Fsp3) is 0.182. The normalized spacial score (nSPS) is 11.0. The summed E-state index contributed by atoms with van der Waals surface area (Å²) in [6, 6.07) is 18.4. The fourth-order valence-corrected chi connectivity index (χ4v) is 3.07. The van der Waals surface area contributed by atoms with E-state index in [9.17, 15) is 0 Å². The molecule has 0 atom stereocenters. The Hall–Kier alpha value is -3.14. The average Bonchev–Trinajstić information content (AvgIpc) is 3.01. The zero-order valence-electron chi connectivity index (χ0n) is 15.0. The molecule has 4 rings (SSSR count). The minimum absolute atomic E-state index is 0.553. The Kier molecular flexibility index (Phi) is 4.40. The summed E-state index contributed by atoms with van der Waals surface area (Å²) in [7, 11) is 0. The highest BCUT2D eigenvalue weighted by Crippen LogP contribution is 2.26. The summed E-state index contributed by atoms with van der Waals surface area (Å²) < 4.78 is 7.99. The highest BCUT2D eigenvalue weighted by Gasteiger charge is 2.14. The van der Waals surface area contributed by atoms with Crippen molar-refractivity contribution in [1.82, 2.24) is 14.4 Å². The molecule has 0 aliphatic carbocycles. The van der Waals surface area contributed by atoms with E-state index in [2.05, 4.69) is 65.8 Å². The molecule has 0 saturated carbocycles. The standard InChI is InChI=1S/C22H21N3O/c1-16-6-9-18(10-7-16)22-19(12-14-26-21-5-3-4-13-23-21)25-15-17(2)8-11-20(25)24-22/h3-11,13,15H,12,14H2,1-2H3. The van der Waals surface area contributed by atoms with Gasteiger partial charge < -0.3 is 9.14 Å². The molecule has 0 fully saturated rings. The molecular weight excluding hydrogens is 322 g/mol. The van der Waals surface area contributed by atoms with Crippen LogP contribution in [0.3, 0.4) is 0 Å². The third-order valence-corrected chi connectivity index (χ3v) is 4.42. The molecule has 3 aromatic heterocycles. The van der Waals surface area contributed by atoms with Gasteiger partial charge in [0.05, 0.1) is 18.0 Å². The molecule has 3 heterocycles. The van der Waals surface area contributed by atoms with Gasteiger partial charge >= 0.3 is 0 Å². The number of fused-ring (bicyclic) bond motifs is 1. The molecule has 4 heteroatoms. The van der Waals surface area contributed by atoms with Crippen LogP contribution < -0.4 is 4.74 Å². The molecule has 1 aromatic carbocycles. The second-order valence-electron chi connectivity index (χ2n) is 6.47. The van der Waals surface area contributed by atoms with E-state index in [4.69, 9.17) is 9.72 Å². The van der Waals surface area contributed by atoms with E-state index < -0.39 is 0 Å². The number of hydrogen-bond acceptors (Lipinski definition) is 3. The summed E-state index contributed by atoms with van der Waals surface area (Å²) in [5, 5.41) is 0. The molecule has 0 unspecified atom stereocenters. The number of hydrogen-bond donors (Lipinski definition) is 0. The zero-order chi connectivity index (χ0) is 17.9. The molecule has 0 bridgehead atoms. The quantitative estimate of drug-likeness (QED) is 0.530. The van der Waals surface area contributed by atoms with Gasteiger partial charge in [-0.25, -0.2) is 9.97 Å². The number of pyridine rings is 2. The maximum atomic E-state index is 5.82. The maximum Gasteiger partial charge on any atom is 0.213 e. The van der Waals surface area contributed by atoms with Crippen LogP contribution in [0.25, 0.3) is 16.9 Å². The Morgan fingerprint density at radius 3 is 2.50 bits per heavy atom. The molecule has 4 nitrogen and oxygen atoms in total. The molecule has 0 aliphatic rings. The predicted molar refractivity (Wildman–Crippen MR) is 104 cm³/mol. The van der Waals surface area contributed by atoms with Crippen molar-refractivity contribution in [3.05, 3.63) is 83.8 Å². The lowest BCUT2D eigenvalue weighted by molar-refractivity contribution is 0.308. The number of aryl methyl sites for hydroxylation is 2. The first-order valence-corrected chi connectivity index (χ1v) is 8.79. The van der Waals surface area contributed by atoms with Crippen LogP contribution in [0.5, 0.6) is 5.88 Å². The number of rotatable bonds is 5. The molecule has 4 aromatic rings. The van der Waals surface area contributed by atoms with Crippen LogP contribution in [-0.4, -0.2) is 21.0 Å². The molecule has 0 N–H and O–H groups in total. The third-order valence-electron chi connectivity index (χ3n) is 4.42. The van der Waals surface area contributed by atoms with Crippen molar-refractivity contribution >= 4 is 5.65 Å². The van der Waals surface area contributed by atoms with E-state index >= 15 is 0 Å². The summed E-state index contributed by atoms with van der Waals surface area (Å²) in [6.45, 7) is 4.75. The van der Waals surface area contributed by atoms with Crippen molar-refractivity contribution in [3.8, 4) is 17.1 Å². The van der Waals surface area contributed by atoms with E-state index in [1.807, 2.05) is 18.2 Å². The lowest BCUT2D eigenvalue weighted by atomic mass is 10.1. The molecule has 0 aliphatic heterocycles. The molecule has 0 spiro atoms. The number of ether oxygens (including phenoxy) is 1. The van der Waals surface area contributed by atoms with Gasteiger partial charge in [0.25, 0.3) is 0 Å².